The smallest absolute Gasteiger partial charge is 0.333 e. The molecule has 0 atom stereocenters. The third-order valence-corrected chi connectivity index (χ3v) is 5.08. The summed E-state index contributed by atoms with van der Waals surface area (Å²) < 4.78 is 14.0. The van der Waals surface area contributed by atoms with E-state index in [0.29, 0.717) is 5.52 Å². The highest BCUT2D eigenvalue weighted by Gasteiger charge is 2.36. The summed E-state index contributed by atoms with van der Waals surface area (Å²) >= 11 is 2.83. The van der Waals surface area contributed by atoms with Crippen LogP contribution in [0.25, 0.3) is 10.9 Å². The standard InChI is InChI=1S/C14H19BIN2O4S/c1-13(2,20)14(3,4)21-15-10-8-17(5)12(19)11-9(10)6-7-18(11)23-22-16/h6-8,20H,1-5H3. The molecule has 1 N–H and O–H groups in total. The van der Waals surface area contributed by atoms with Crippen molar-refractivity contribution in [2.75, 3.05) is 0 Å². The normalized spacial score (nSPS) is 12.8. The number of aryl methyl sites for hydroxylation is 1. The zero-order valence-electron chi connectivity index (χ0n) is 13.7. The maximum atomic E-state index is 12.4. The summed E-state index contributed by atoms with van der Waals surface area (Å²) in [5, 5.41) is 10.9. The van der Waals surface area contributed by atoms with Crippen LogP contribution in [0.3, 0.4) is 0 Å². The van der Waals surface area contributed by atoms with E-state index >= 15 is 0 Å². The van der Waals surface area contributed by atoms with E-state index < -0.39 is 11.2 Å². The highest BCUT2D eigenvalue weighted by atomic mass is 127. The maximum Gasteiger partial charge on any atom is 0.333 e. The van der Waals surface area contributed by atoms with Crippen LogP contribution in [0.2, 0.25) is 0 Å². The zero-order valence-corrected chi connectivity index (χ0v) is 16.6. The van der Waals surface area contributed by atoms with E-state index in [0.717, 1.165) is 23.1 Å². The third-order valence-electron chi connectivity index (χ3n) is 4.08. The highest BCUT2D eigenvalue weighted by Crippen LogP contribution is 2.25. The quantitative estimate of drug-likeness (QED) is 0.415. The van der Waals surface area contributed by atoms with Gasteiger partial charge in [0.2, 0.25) is 0 Å². The first-order valence-corrected chi connectivity index (χ1v) is 8.56. The number of halogens is 1. The van der Waals surface area contributed by atoms with E-state index in [-0.39, 0.29) is 5.56 Å². The summed E-state index contributed by atoms with van der Waals surface area (Å²) in [5.41, 5.74) is -0.638. The molecule has 2 heterocycles. The molecule has 0 saturated carbocycles. The molecule has 0 bridgehead atoms. The van der Waals surface area contributed by atoms with Crippen LogP contribution in [-0.2, 0) is 14.2 Å². The van der Waals surface area contributed by atoms with E-state index in [4.69, 9.17) is 7.17 Å². The van der Waals surface area contributed by atoms with Gasteiger partial charge in [-0.15, -0.1) is 0 Å². The van der Waals surface area contributed by atoms with Gasteiger partial charge in [-0.2, -0.15) is 0 Å². The van der Waals surface area contributed by atoms with Crippen LogP contribution in [0.1, 0.15) is 27.7 Å². The van der Waals surface area contributed by atoms with Crippen LogP contribution >= 0.6 is 35.2 Å². The molecule has 2 aromatic rings. The molecule has 9 heteroatoms. The molecule has 0 aliphatic carbocycles. The molecule has 0 spiro atoms. The van der Waals surface area contributed by atoms with Crippen molar-refractivity contribution < 1.29 is 12.3 Å². The highest BCUT2D eigenvalue weighted by molar-refractivity contribution is 14.1. The monoisotopic (exact) mass is 449 g/mol. The van der Waals surface area contributed by atoms with Crippen molar-refractivity contribution in [1.29, 1.82) is 0 Å². The van der Waals surface area contributed by atoms with Gasteiger partial charge in [0.1, 0.15) is 40.8 Å². The fraction of sp³-hybridized carbons (Fsp3) is 0.500. The summed E-state index contributed by atoms with van der Waals surface area (Å²) in [5.74, 6) is 0. The van der Waals surface area contributed by atoms with E-state index in [1.807, 2.05) is 19.9 Å². The molecule has 125 valence electrons. The molecule has 0 saturated heterocycles. The van der Waals surface area contributed by atoms with Gasteiger partial charge in [0, 0.05) is 24.8 Å². The molecule has 0 aliphatic rings. The lowest BCUT2D eigenvalue weighted by molar-refractivity contribution is -0.0893. The van der Waals surface area contributed by atoms with Gasteiger partial charge in [-0.05, 0) is 39.2 Å². The number of nitrogens with zero attached hydrogens (tertiary/aromatic N) is 2. The number of hydrogen-bond donors (Lipinski definition) is 1. The molecule has 0 aromatic carbocycles. The number of rotatable bonds is 6. The Labute approximate surface area is 154 Å². The molecular formula is C14H19BIN2O4S. The van der Waals surface area contributed by atoms with Crippen molar-refractivity contribution >= 4 is 59.1 Å². The van der Waals surface area contributed by atoms with Crippen LogP contribution in [0.4, 0.5) is 0 Å². The van der Waals surface area contributed by atoms with Crippen LogP contribution in [0.5, 0.6) is 0 Å². The second-order valence-corrected chi connectivity index (χ2v) is 8.09. The lowest BCUT2D eigenvalue weighted by atomic mass is 9.82. The number of aliphatic hydroxyl groups is 1. The van der Waals surface area contributed by atoms with Crippen LogP contribution in [-0.4, -0.2) is 32.3 Å². The molecule has 1 radical (unpaired) electrons. The summed E-state index contributed by atoms with van der Waals surface area (Å²) in [6, 6.07) is 1.84. The first kappa shape index (κ1) is 18.8. The fourth-order valence-corrected chi connectivity index (χ4v) is 2.84. The van der Waals surface area contributed by atoms with Gasteiger partial charge in [0.15, 0.2) is 0 Å². The molecule has 2 rings (SSSR count). The van der Waals surface area contributed by atoms with Crippen LogP contribution in [0.15, 0.2) is 23.3 Å². The molecule has 23 heavy (non-hydrogen) atoms. The first-order valence-electron chi connectivity index (χ1n) is 6.98. The Bertz CT molecular complexity index is 766. The number of aromatic nitrogens is 2. The summed E-state index contributed by atoms with van der Waals surface area (Å²) in [6.45, 7) is 7.02. The Hall–Kier alpha value is -0.485. The molecular weight excluding hydrogens is 430 g/mol. The Morgan fingerprint density at radius 1 is 1.35 bits per heavy atom. The second-order valence-electron chi connectivity index (χ2n) is 6.35. The molecule has 0 aliphatic heterocycles. The van der Waals surface area contributed by atoms with Gasteiger partial charge in [0.25, 0.3) is 5.56 Å². The topological polar surface area (TPSA) is 65.6 Å². The summed E-state index contributed by atoms with van der Waals surface area (Å²) in [7, 11) is 3.27. The minimum Gasteiger partial charge on any atom is -0.427 e. The SMILES string of the molecule is Cn1cc([B]OC(C)(C)C(C)(C)O)c2ccn(SOI)c2c1=O. The van der Waals surface area contributed by atoms with Gasteiger partial charge in [0.05, 0.1) is 11.2 Å². The van der Waals surface area contributed by atoms with Crippen molar-refractivity contribution in [3.8, 4) is 0 Å². The lowest BCUT2D eigenvalue weighted by Crippen LogP contribution is -2.49. The predicted octanol–water partition coefficient (Wildman–Crippen LogP) is 1.93. The van der Waals surface area contributed by atoms with Crippen molar-refractivity contribution in [1.82, 2.24) is 8.54 Å². The summed E-state index contributed by atoms with van der Waals surface area (Å²) in [6.07, 6.45) is 3.49. The minimum absolute atomic E-state index is 0.121. The molecule has 2 aromatic heterocycles. The van der Waals surface area contributed by atoms with E-state index in [1.54, 1.807) is 67.7 Å². The fourth-order valence-electron chi connectivity index (χ4n) is 1.90. The van der Waals surface area contributed by atoms with Crippen molar-refractivity contribution in [2.45, 2.75) is 38.9 Å². The Balaban J connectivity index is 2.43. The average molecular weight is 449 g/mol. The molecule has 0 amide bonds. The van der Waals surface area contributed by atoms with Gasteiger partial charge in [-0.3, -0.25) is 8.77 Å². The van der Waals surface area contributed by atoms with Crippen molar-refractivity contribution in [3.05, 3.63) is 28.8 Å². The van der Waals surface area contributed by atoms with Crippen molar-refractivity contribution in [3.63, 3.8) is 0 Å². The molecule has 0 fully saturated rings. The predicted molar refractivity (Wildman–Crippen MR) is 102 cm³/mol. The van der Waals surface area contributed by atoms with Crippen LogP contribution in [0, 0.1) is 0 Å². The van der Waals surface area contributed by atoms with E-state index in [9.17, 15) is 9.90 Å². The Kier molecular flexibility index (Phi) is 5.57. The van der Waals surface area contributed by atoms with Crippen LogP contribution < -0.4 is 11.0 Å². The number of fused-ring (bicyclic) bond motifs is 1. The zero-order chi connectivity index (χ0) is 17.4. The maximum absolute atomic E-state index is 12.4. The van der Waals surface area contributed by atoms with Gasteiger partial charge in [-0.25, -0.2) is 2.51 Å². The van der Waals surface area contributed by atoms with E-state index in [2.05, 4.69) is 0 Å². The number of pyridine rings is 1. The lowest BCUT2D eigenvalue weighted by Gasteiger charge is -2.37. The average Bonchev–Trinajstić information content (AvgIpc) is 2.85. The second kappa shape index (κ2) is 6.79. The van der Waals surface area contributed by atoms with E-state index in [1.165, 1.54) is 4.57 Å². The molecule has 6 nitrogen and oxygen atoms in total. The number of hydrogen-bond acceptors (Lipinski definition) is 5. The Morgan fingerprint density at radius 3 is 2.57 bits per heavy atom. The van der Waals surface area contributed by atoms with Gasteiger partial charge in [-0.1, -0.05) is 0 Å². The first-order chi connectivity index (χ1) is 10.6. The largest absolute Gasteiger partial charge is 0.427 e. The van der Waals surface area contributed by atoms with Crippen molar-refractivity contribution in [2.24, 2.45) is 7.05 Å². The third kappa shape index (κ3) is 3.79. The minimum atomic E-state index is -1.01. The molecule has 0 unspecified atom stereocenters. The summed E-state index contributed by atoms with van der Waals surface area (Å²) in [4.78, 5) is 12.4. The van der Waals surface area contributed by atoms with Gasteiger partial charge >= 0.3 is 7.48 Å². The van der Waals surface area contributed by atoms with Gasteiger partial charge < -0.3 is 14.3 Å². The Morgan fingerprint density at radius 2 is 2.00 bits per heavy atom.